The van der Waals surface area contributed by atoms with Gasteiger partial charge in [-0.25, -0.2) is 4.39 Å². The topological polar surface area (TPSA) is 64.4 Å². The average molecular weight is 366 g/mol. The van der Waals surface area contributed by atoms with E-state index >= 15 is 0 Å². The molecule has 1 aliphatic rings. The molecule has 0 radical (unpaired) electrons. The molecule has 1 N–H and O–H groups in total. The van der Waals surface area contributed by atoms with Crippen molar-refractivity contribution in [1.82, 2.24) is 0 Å². The number of hydrogen-bond acceptors (Lipinski definition) is 4. The van der Waals surface area contributed by atoms with Crippen LogP contribution in [-0.4, -0.2) is 24.2 Å². The Morgan fingerprint density at radius 1 is 1.56 bits per heavy atom. The van der Waals surface area contributed by atoms with Crippen LogP contribution in [0.25, 0.3) is 0 Å². The lowest BCUT2D eigenvalue weighted by Gasteiger charge is -2.24. The van der Waals surface area contributed by atoms with Gasteiger partial charge in [-0.1, -0.05) is 0 Å². The molecule has 1 atom stereocenters. The maximum Gasteiger partial charge on any atom is 0.293 e. The number of nitro groups is 1. The van der Waals surface area contributed by atoms with Crippen LogP contribution in [0.5, 0.6) is 0 Å². The first-order valence-corrected chi connectivity index (χ1v) is 6.63. The number of anilines is 1. The lowest BCUT2D eigenvalue weighted by molar-refractivity contribution is -0.384. The Hall–Kier alpha value is -0.960. The Kier molecular flexibility index (Phi) is 4.33. The lowest BCUT2D eigenvalue weighted by atomic mass is 10.1. The van der Waals surface area contributed by atoms with Gasteiger partial charge in [-0.2, -0.15) is 0 Å². The number of nitrogens with one attached hydrogen (secondary N) is 1. The molecule has 1 saturated heterocycles. The molecule has 1 heterocycles. The van der Waals surface area contributed by atoms with Gasteiger partial charge in [0.2, 0.25) is 0 Å². The van der Waals surface area contributed by atoms with E-state index in [1.54, 1.807) is 22.6 Å². The van der Waals surface area contributed by atoms with Crippen molar-refractivity contribution < 1.29 is 14.1 Å². The van der Waals surface area contributed by atoms with E-state index in [1.165, 1.54) is 12.1 Å². The summed E-state index contributed by atoms with van der Waals surface area (Å²) in [5.74, 6) is -0.458. The fraction of sp³-hybridized carbons (Fsp3) is 0.455. The summed E-state index contributed by atoms with van der Waals surface area (Å²) in [7, 11) is 0. The molecule has 0 saturated carbocycles. The second-order valence-electron chi connectivity index (χ2n) is 4.10. The Morgan fingerprint density at radius 3 is 2.94 bits per heavy atom. The Bertz CT molecular complexity index is 464. The molecule has 0 aliphatic carbocycles. The van der Waals surface area contributed by atoms with Crippen molar-refractivity contribution in [2.45, 2.75) is 18.9 Å². The fourth-order valence-electron chi connectivity index (χ4n) is 1.88. The summed E-state index contributed by atoms with van der Waals surface area (Å²) in [5.41, 5.74) is 0.111. The standard InChI is InChI=1S/C11H12FIN2O3/c12-8-4-10(11(15(16)17)5-9(8)13)14-7-2-1-3-18-6-7/h4-5,7,14H,1-3,6H2. The van der Waals surface area contributed by atoms with Gasteiger partial charge < -0.3 is 10.1 Å². The Morgan fingerprint density at radius 2 is 2.33 bits per heavy atom. The van der Waals surface area contributed by atoms with Gasteiger partial charge in [0, 0.05) is 24.8 Å². The molecule has 0 spiro atoms. The van der Waals surface area contributed by atoms with E-state index in [9.17, 15) is 14.5 Å². The second-order valence-corrected chi connectivity index (χ2v) is 5.26. The molecular weight excluding hydrogens is 354 g/mol. The first kappa shape index (κ1) is 13.5. The molecule has 7 heteroatoms. The smallest absolute Gasteiger partial charge is 0.293 e. The third kappa shape index (κ3) is 3.08. The van der Waals surface area contributed by atoms with E-state index in [4.69, 9.17) is 4.74 Å². The Labute approximate surface area is 117 Å². The zero-order valence-electron chi connectivity index (χ0n) is 9.49. The second kappa shape index (κ2) is 5.79. The molecule has 0 amide bonds. The first-order chi connectivity index (χ1) is 8.58. The van der Waals surface area contributed by atoms with Crippen molar-refractivity contribution in [3.05, 3.63) is 31.6 Å². The predicted molar refractivity (Wildman–Crippen MR) is 73.2 cm³/mol. The lowest BCUT2D eigenvalue weighted by Crippen LogP contribution is -2.30. The van der Waals surface area contributed by atoms with Gasteiger partial charge in [0.05, 0.1) is 15.1 Å². The van der Waals surface area contributed by atoms with E-state index in [1.807, 2.05) is 0 Å². The zero-order valence-corrected chi connectivity index (χ0v) is 11.6. The molecule has 18 heavy (non-hydrogen) atoms. The third-order valence-electron chi connectivity index (χ3n) is 2.76. The molecule has 1 aromatic carbocycles. The van der Waals surface area contributed by atoms with E-state index in [0.29, 0.717) is 13.2 Å². The van der Waals surface area contributed by atoms with Crippen molar-refractivity contribution in [3.8, 4) is 0 Å². The van der Waals surface area contributed by atoms with Crippen LogP contribution in [0.2, 0.25) is 0 Å². The van der Waals surface area contributed by atoms with Gasteiger partial charge in [-0.15, -0.1) is 0 Å². The van der Waals surface area contributed by atoms with Crippen LogP contribution in [-0.2, 0) is 4.74 Å². The highest BCUT2D eigenvalue weighted by atomic mass is 127. The number of hydrogen-bond donors (Lipinski definition) is 1. The van der Waals surface area contributed by atoms with Crippen LogP contribution < -0.4 is 5.32 Å². The zero-order chi connectivity index (χ0) is 13.1. The molecule has 2 rings (SSSR count). The number of rotatable bonds is 3. The molecule has 5 nitrogen and oxygen atoms in total. The fourth-order valence-corrected chi connectivity index (χ4v) is 2.33. The molecule has 1 aromatic rings. The highest BCUT2D eigenvalue weighted by molar-refractivity contribution is 14.1. The van der Waals surface area contributed by atoms with Gasteiger partial charge in [-0.3, -0.25) is 10.1 Å². The highest BCUT2D eigenvalue weighted by Gasteiger charge is 2.21. The molecule has 1 unspecified atom stereocenters. The monoisotopic (exact) mass is 366 g/mol. The quantitative estimate of drug-likeness (QED) is 0.508. The van der Waals surface area contributed by atoms with E-state index in [-0.39, 0.29) is 21.0 Å². The number of nitro benzene ring substituents is 1. The van der Waals surface area contributed by atoms with Crippen LogP contribution in [0.15, 0.2) is 12.1 Å². The first-order valence-electron chi connectivity index (χ1n) is 5.55. The maximum atomic E-state index is 13.5. The minimum absolute atomic E-state index is 0.00286. The Balaban J connectivity index is 2.24. The summed E-state index contributed by atoms with van der Waals surface area (Å²) in [5, 5.41) is 13.9. The van der Waals surface area contributed by atoms with Gasteiger partial charge in [0.25, 0.3) is 5.69 Å². The summed E-state index contributed by atoms with van der Waals surface area (Å²) in [6.45, 7) is 1.20. The van der Waals surface area contributed by atoms with Gasteiger partial charge in [0.15, 0.2) is 0 Å². The predicted octanol–water partition coefficient (Wildman–Crippen LogP) is 2.93. The van der Waals surface area contributed by atoms with Crippen LogP contribution in [0.4, 0.5) is 15.8 Å². The summed E-state index contributed by atoms with van der Waals surface area (Å²) in [6.07, 6.45) is 1.77. The number of nitrogens with zero attached hydrogens (tertiary/aromatic N) is 1. The van der Waals surface area contributed by atoms with Crippen molar-refractivity contribution in [1.29, 1.82) is 0 Å². The molecule has 0 bridgehead atoms. The van der Waals surface area contributed by atoms with Crippen LogP contribution in [0, 0.1) is 19.5 Å². The van der Waals surface area contributed by atoms with Gasteiger partial charge >= 0.3 is 0 Å². The van der Waals surface area contributed by atoms with E-state index in [0.717, 1.165) is 12.8 Å². The van der Waals surface area contributed by atoms with E-state index in [2.05, 4.69) is 5.32 Å². The third-order valence-corrected chi connectivity index (χ3v) is 3.58. The number of benzene rings is 1. The largest absolute Gasteiger partial charge is 0.379 e. The summed E-state index contributed by atoms with van der Waals surface area (Å²) in [4.78, 5) is 10.4. The van der Waals surface area contributed by atoms with Gasteiger partial charge in [0.1, 0.15) is 11.5 Å². The molecule has 0 aromatic heterocycles. The van der Waals surface area contributed by atoms with Crippen molar-refractivity contribution in [3.63, 3.8) is 0 Å². The average Bonchev–Trinajstić information content (AvgIpc) is 2.34. The minimum Gasteiger partial charge on any atom is -0.379 e. The van der Waals surface area contributed by atoms with Crippen LogP contribution in [0.1, 0.15) is 12.8 Å². The summed E-state index contributed by atoms with van der Waals surface area (Å²) in [6, 6.07) is 2.41. The maximum absolute atomic E-state index is 13.5. The molecule has 1 aliphatic heterocycles. The van der Waals surface area contributed by atoms with Crippen LogP contribution >= 0.6 is 22.6 Å². The number of halogens is 2. The van der Waals surface area contributed by atoms with Crippen molar-refractivity contribution >= 4 is 34.0 Å². The highest BCUT2D eigenvalue weighted by Crippen LogP contribution is 2.30. The normalized spacial score (nSPS) is 19.6. The molecule has 98 valence electrons. The van der Waals surface area contributed by atoms with E-state index < -0.39 is 10.7 Å². The summed E-state index contributed by atoms with van der Waals surface area (Å²) >= 11 is 1.74. The summed E-state index contributed by atoms with van der Waals surface area (Å²) < 4.78 is 19.0. The van der Waals surface area contributed by atoms with Crippen molar-refractivity contribution in [2.75, 3.05) is 18.5 Å². The van der Waals surface area contributed by atoms with Crippen molar-refractivity contribution in [2.24, 2.45) is 0 Å². The van der Waals surface area contributed by atoms with Crippen LogP contribution in [0.3, 0.4) is 0 Å². The minimum atomic E-state index is -0.506. The number of ether oxygens (including phenoxy) is 1. The molecule has 1 fully saturated rings. The van der Waals surface area contributed by atoms with Gasteiger partial charge in [-0.05, 0) is 35.4 Å². The molecular formula is C11H12FIN2O3. The SMILES string of the molecule is O=[N+]([O-])c1cc(I)c(F)cc1NC1CCCOC1.